The molecule has 1 fully saturated rings. The summed E-state index contributed by atoms with van der Waals surface area (Å²) in [6.45, 7) is 0.769. The van der Waals surface area contributed by atoms with Crippen molar-refractivity contribution in [3.63, 3.8) is 0 Å². The molecule has 1 atom stereocenters. The molecule has 0 spiro atoms. The van der Waals surface area contributed by atoms with Crippen LogP contribution in [0.5, 0.6) is 0 Å². The number of esters is 1. The second-order valence-electron chi connectivity index (χ2n) is 5.21. The van der Waals surface area contributed by atoms with Crippen LogP contribution in [-0.2, 0) is 16.1 Å². The molecule has 21 heavy (non-hydrogen) atoms. The average molecular weight is 291 g/mol. The van der Waals surface area contributed by atoms with Crippen molar-refractivity contribution < 1.29 is 18.3 Å². The lowest BCUT2D eigenvalue weighted by Gasteiger charge is -2.11. The monoisotopic (exact) mass is 291 g/mol. The molecule has 2 aromatic carbocycles. The van der Waals surface area contributed by atoms with E-state index >= 15 is 0 Å². The van der Waals surface area contributed by atoms with Crippen LogP contribution in [0.2, 0.25) is 0 Å². The number of rotatable bonds is 4. The zero-order valence-corrected chi connectivity index (χ0v) is 11.3. The smallest absolute Gasteiger partial charge is 0.377 e. The summed E-state index contributed by atoms with van der Waals surface area (Å²) in [6, 6.07) is 14.0. The number of halogens is 2. The van der Waals surface area contributed by atoms with Crippen molar-refractivity contribution in [1.82, 2.24) is 5.32 Å². The molecule has 3 nitrogen and oxygen atoms in total. The zero-order chi connectivity index (χ0) is 14.9. The molecule has 3 rings (SSSR count). The highest BCUT2D eigenvalue weighted by Crippen LogP contribution is 2.30. The third kappa shape index (κ3) is 2.88. The fourth-order valence-electron chi connectivity index (χ4n) is 2.58. The Morgan fingerprint density at radius 2 is 1.95 bits per heavy atom. The molecule has 1 N–H and O–H groups in total. The Morgan fingerprint density at radius 3 is 2.71 bits per heavy atom. The lowest BCUT2D eigenvalue weighted by Crippen LogP contribution is -2.26. The summed E-state index contributed by atoms with van der Waals surface area (Å²) < 4.78 is 30.7. The lowest BCUT2D eigenvalue weighted by atomic mass is 10.0. The predicted octanol–water partition coefficient (Wildman–Crippen LogP) is 2.88. The third-order valence-corrected chi connectivity index (χ3v) is 3.62. The Hall–Kier alpha value is -2.01. The highest BCUT2D eigenvalue weighted by molar-refractivity contribution is 5.85. The predicted molar refractivity (Wildman–Crippen MR) is 75.1 cm³/mol. The summed E-state index contributed by atoms with van der Waals surface area (Å²) in [5.41, 5.74) is 1.09. The Labute approximate surface area is 120 Å². The number of carbonyl (C=O) groups excluding carboxylic acids is 1. The van der Waals surface area contributed by atoms with Gasteiger partial charge in [0.1, 0.15) is 6.10 Å². The highest BCUT2D eigenvalue weighted by Gasteiger charge is 2.50. The molecule has 0 saturated carbocycles. The van der Waals surface area contributed by atoms with Gasteiger partial charge in [0.15, 0.2) is 0 Å². The van der Waals surface area contributed by atoms with E-state index in [1.807, 2.05) is 42.5 Å². The summed E-state index contributed by atoms with van der Waals surface area (Å²) in [6.07, 6.45) is -1.31. The first-order valence-corrected chi connectivity index (χ1v) is 6.82. The molecule has 1 aliphatic heterocycles. The standard InChI is InChI=1S/C16H15F2NO2/c17-16(18)8-13(21-15(16)20)10-19-9-12-6-3-5-11-4-1-2-7-14(11)12/h1-7,13,19H,8-10H2. The number of carbonyl (C=O) groups is 1. The van der Waals surface area contributed by atoms with Crippen LogP contribution in [0, 0.1) is 0 Å². The van der Waals surface area contributed by atoms with Crippen molar-refractivity contribution in [3.8, 4) is 0 Å². The van der Waals surface area contributed by atoms with Gasteiger partial charge in [-0.3, -0.25) is 0 Å². The van der Waals surface area contributed by atoms with Gasteiger partial charge in [-0.1, -0.05) is 42.5 Å². The van der Waals surface area contributed by atoms with Crippen LogP contribution < -0.4 is 5.32 Å². The number of cyclic esters (lactones) is 1. The van der Waals surface area contributed by atoms with Crippen molar-refractivity contribution in [2.45, 2.75) is 25.0 Å². The third-order valence-electron chi connectivity index (χ3n) is 3.62. The fraction of sp³-hybridized carbons (Fsp3) is 0.312. The topological polar surface area (TPSA) is 38.3 Å². The highest BCUT2D eigenvalue weighted by atomic mass is 19.3. The minimum absolute atomic E-state index is 0.227. The minimum atomic E-state index is -3.34. The van der Waals surface area contributed by atoms with Crippen molar-refractivity contribution in [3.05, 3.63) is 48.0 Å². The maximum absolute atomic E-state index is 13.0. The Bertz CT molecular complexity index is 667. The van der Waals surface area contributed by atoms with Gasteiger partial charge >= 0.3 is 11.9 Å². The van der Waals surface area contributed by atoms with Crippen molar-refractivity contribution in [2.75, 3.05) is 6.54 Å². The van der Waals surface area contributed by atoms with Gasteiger partial charge in [-0.2, -0.15) is 8.78 Å². The molecule has 1 aliphatic rings. The Kier molecular flexibility index (Phi) is 3.59. The molecule has 1 unspecified atom stereocenters. The van der Waals surface area contributed by atoms with Gasteiger partial charge in [0.2, 0.25) is 0 Å². The zero-order valence-electron chi connectivity index (χ0n) is 11.3. The van der Waals surface area contributed by atoms with Gasteiger partial charge in [0, 0.05) is 13.1 Å². The number of fused-ring (bicyclic) bond motifs is 1. The van der Waals surface area contributed by atoms with Gasteiger partial charge in [0.25, 0.3) is 0 Å². The second-order valence-corrected chi connectivity index (χ2v) is 5.21. The molecule has 110 valence electrons. The number of hydrogen-bond donors (Lipinski definition) is 1. The van der Waals surface area contributed by atoms with E-state index in [1.165, 1.54) is 0 Å². The minimum Gasteiger partial charge on any atom is -0.456 e. The summed E-state index contributed by atoms with van der Waals surface area (Å²) >= 11 is 0. The number of benzene rings is 2. The van der Waals surface area contributed by atoms with Gasteiger partial charge in [-0.05, 0) is 16.3 Å². The van der Waals surface area contributed by atoms with Gasteiger partial charge in [0.05, 0.1) is 6.42 Å². The quantitative estimate of drug-likeness (QED) is 0.880. The molecule has 2 aromatic rings. The average Bonchev–Trinajstić information content (AvgIpc) is 2.72. The van der Waals surface area contributed by atoms with Crippen LogP contribution in [0.4, 0.5) is 8.78 Å². The molecule has 0 amide bonds. The van der Waals surface area contributed by atoms with E-state index in [4.69, 9.17) is 0 Å². The van der Waals surface area contributed by atoms with Crippen molar-refractivity contribution in [1.29, 1.82) is 0 Å². The SMILES string of the molecule is O=C1OC(CNCc2cccc3ccccc23)CC1(F)F. The lowest BCUT2D eigenvalue weighted by molar-refractivity contribution is -0.159. The van der Waals surface area contributed by atoms with Crippen LogP contribution in [0.15, 0.2) is 42.5 Å². The maximum atomic E-state index is 13.0. The van der Waals surface area contributed by atoms with E-state index in [1.54, 1.807) is 0 Å². The second kappa shape index (κ2) is 5.41. The number of alkyl halides is 2. The summed E-state index contributed by atoms with van der Waals surface area (Å²) in [5.74, 6) is -4.76. The number of ether oxygens (including phenoxy) is 1. The van der Waals surface area contributed by atoms with E-state index in [0.29, 0.717) is 6.54 Å². The van der Waals surface area contributed by atoms with Crippen molar-refractivity contribution in [2.24, 2.45) is 0 Å². The first-order chi connectivity index (χ1) is 10.1. The number of hydrogen-bond acceptors (Lipinski definition) is 3. The summed E-state index contributed by atoms with van der Waals surface area (Å²) in [5, 5.41) is 5.34. The van der Waals surface area contributed by atoms with E-state index in [2.05, 4.69) is 10.1 Å². The van der Waals surface area contributed by atoms with E-state index in [9.17, 15) is 13.6 Å². The summed E-state index contributed by atoms with van der Waals surface area (Å²) in [7, 11) is 0. The van der Waals surface area contributed by atoms with Crippen LogP contribution in [-0.4, -0.2) is 24.5 Å². The van der Waals surface area contributed by atoms with Gasteiger partial charge < -0.3 is 10.1 Å². The maximum Gasteiger partial charge on any atom is 0.377 e. The first-order valence-electron chi connectivity index (χ1n) is 6.82. The van der Waals surface area contributed by atoms with Gasteiger partial charge in [-0.25, -0.2) is 4.79 Å². The van der Waals surface area contributed by atoms with Crippen LogP contribution in [0.3, 0.4) is 0 Å². The van der Waals surface area contributed by atoms with Crippen LogP contribution in [0.1, 0.15) is 12.0 Å². The van der Waals surface area contributed by atoms with Crippen LogP contribution in [0.25, 0.3) is 10.8 Å². The van der Waals surface area contributed by atoms with E-state index in [-0.39, 0.29) is 6.54 Å². The van der Waals surface area contributed by atoms with Crippen molar-refractivity contribution >= 4 is 16.7 Å². The largest absolute Gasteiger partial charge is 0.456 e. The van der Waals surface area contributed by atoms with E-state index in [0.717, 1.165) is 16.3 Å². The normalized spacial score (nSPS) is 20.7. The molecule has 5 heteroatoms. The molecular formula is C16H15F2NO2. The molecule has 0 bridgehead atoms. The summed E-state index contributed by atoms with van der Waals surface area (Å²) in [4.78, 5) is 10.9. The molecule has 0 aliphatic carbocycles. The first kappa shape index (κ1) is 13.9. The molecular weight excluding hydrogens is 276 g/mol. The molecule has 0 aromatic heterocycles. The Balaban J connectivity index is 1.62. The Morgan fingerprint density at radius 1 is 1.19 bits per heavy atom. The van der Waals surface area contributed by atoms with Gasteiger partial charge in [-0.15, -0.1) is 0 Å². The molecule has 0 radical (unpaired) electrons. The van der Waals surface area contributed by atoms with E-state index < -0.39 is 24.4 Å². The van der Waals surface area contributed by atoms with Crippen LogP contribution >= 0.6 is 0 Å². The number of nitrogens with one attached hydrogen (secondary N) is 1. The molecule has 1 saturated heterocycles. The fourth-order valence-corrected chi connectivity index (χ4v) is 2.58. The molecule has 1 heterocycles.